The summed E-state index contributed by atoms with van der Waals surface area (Å²) in [6, 6.07) is 32.5. The second kappa shape index (κ2) is 13.6. The van der Waals surface area contributed by atoms with Crippen molar-refractivity contribution < 1.29 is 14.3 Å². The van der Waals surface area contributed by atoms with Crippen LogP contribution in [0.3, 0.4) is 0 Å². The molecule has 0 spiro atoms. The van der Waals surface area contributed by atoms with Gasteiger partial charge >= 0.3 is 0 Å². The quantitative estimate of drug-likeness (QED) is 0.110. The van der Waals surface area contributed by atoms with Crippen molar-refractivity contribution in [1.29, 1.82) is 0 Å². The van der Waals surface area contributed by atoms with Crippen LogP contribution in [0.4, 0.5) is 0 Å². The molecule has 1 heterocycles. The van der Waals surface area contributed by atoms with E-state index in [4.69, 9.17) is 21.1 Å². The number of halogens is 1. The van der Waals surface area contributed by atoms with Gasteiger partial charge in [-0.1, -0.05) is 84.0 Å². The highest BCUT2D eigenvalue weighted by atomic mass is 35.5. The highest BCUT2D eigenvalue weighted by molar-refractivity contribution is 7.99. The first kappa shape index (κ1) is 27.9. The fraction of sp³-hybridized carbons (Fsp3) is 0.0968. The van der Waals surface area contributed by atoms with Gasteiger partial charge in [-0.25, -0.2) is 5.43 Å². The van der Waals surface area contributed by atoms with Crippen LogP contribution in [0.25, 0.3) is 17.1 Å². The first-order chi connectivity index (χ1) is 20.1. The zero-order chi connectivity index (χ0) is 28.4. The van der Waals surface area contributed by atoms with Crippen molar-refractivity contribution in [3.63, 3.8) is 0 Å². The third-order valence-electron chi connectivity index (χ3n) is 5.91. The lowest BCUT2D eigenvalue weighted by atomic mass is 10.2. The van der Waals surface area contributed by atoms with Gasteiger partial charge in [0.2, 0.25) is 0 Å². The number of aromatic nitrogens is 3. The van der Waals surface area contributed by atoms with Crippen LogP contribution in [0.1, 0.15) is 11.1 Å². The third kappa shape index (κ3) is 7.33. The van der Waals surface area contributed by atoms with Gasteiger partial charge < -0.3 is 9.47 Å². The Morgan fingerprint density at radius 2 is 1.68 bits per heavy atom. The van der Waals surface area contributed by atoms with Crippen molar-refractivity contribution in [2.24, 2.45) is 5.10 Å². The number of amides is 1. The standard InChI is InChI=1S/C31H26ClN5O3S/c1-39-28-18-23(12-17-27(28)40-20-22-8-4-2-5-9-22)19-33-34-29(38)21-41-31-36-35-30(24-10-6-3-7-11-24)37(31)26-15-13-25(32)14-16-26/h2-19H,20-21H2,1H3,(H,34,38)/b33-19+. The molecule has 0 atom stereocenters. The van der Waals surface area contributed by atoms with Crippen LogP contribution in [0.2, 0.25) is 5.02 Å². The van der Waals surface area contributed by atoms with E-state index in [1.807, 2.05) is 89.5 Å². The van der Waals surface area contributed by atoms with E-state index >= 15 is 0 Å². The molecule has 0 aliphatic carbocycles. The van der Waals surface area contributed by atoms with Crippen LogP contribution in [-0.2, 0) is 11.4 Å². The predicted octanol–water partition coefficient (Wildman–Crippen LogP) is 6.42. The first-order valence-corrected chi connectivity index (χ1v) is 14.0. The first-order valence-electron chi connectivity index (χ1n) is 12.7. The number of ether oxygens (including phenoxy) is 2. The normalized spacial score (nSPS) is 11.0. The van der Waals surface area contributed by atoms with Gasteiger partial charge in [0, 0.05) is 16.3 Å². The lowest BCUT2D eigenvalue weighted by Gasteiger charge is -2.11. The monoisotopic (exact) mass is 583 g/mol. The number of thioether (sulfide) groups is 1. The summed E-state index contributed by atoms with van der Waals surface area (Å²) in [7, 11) is 1.58. The van der Waals surface area contributed by atoms with Crippen molar-refractivity contribution in [2.45, 2.75) is 11.8 Å². The highest BCUT2D eigenvalue weighted by Crippen LogP contribution is 2.29. The van der Waals surface area contributed by atoms with Gasteiger partial charge in [0.05, 0.1) is 19.1 Å². The summed E-state index contributed by atoms with van der Waals surface area (Å²) in [5.74, 6) is 1.66. The summed E-state index contributed by atoms with van der Waals surface area (Å²) in [5, 5.41) is 14.0. The van der Waals surface area contributed by atoms with Crippen LogP contribution < -0.4 is 14.9 Å². The molecule has 4 aromatic carbocycles. The van der Waals surface area contributed by atoms with E-state index in [0.29, 0.717) is 34.1 Å². The second-order valence-electron chi connectivity index (χ2n) is 8.75. The Hall–Kier alpha value is -4.60. The molecule has 0 saturated heterocycles. The number of carbonyl (C=O) groups is 1. The number of hydrogen-bond acceptors (Lipinski definition) is 7. The average molecular weight is 584 g/mol. The smallest absolute Gasteiger partial charge is 0.250 e. The predicted molar refractivity (Wildman–Crippen MR) is 162 cm³/mol. The van der Waals surface area contributed by atoms with Crippen LogP contribution in [0, 0.1) is 0 Å². The second-order valence-corrected chi connectivity index (χ2v) is 10.1. The molecule has 0 unspecified atom stereocenters. The number of rotatable bonds is 11. The number of hydrogen-bond donors (Lipinski definition) is 1. The maximum absolute atomic E-state index is 12.6. The largest absolute Gasteiger partial charge is 0.493 e. The number of carbonyl (C=O) groups excluding carboxylic acids is 1. The minimum Gasteiger partial charge on any atom is -0.493 e. The Labute approximate surface area is 247 Å². The van der Waals surface area contributed by atoms with Crippen molar-refractivity contribution >= 4 is 35.5 Å². The molecule has 5 aromatic rings. The Kier molecular flexibility index (Phi) is 9.30. The molecule has 5 rings (SSSR count). The van der Waals surface area contributed by atoms with Gasteiger partial charge in [-0.2, -0.15) is 5.10 Å². The number of methoxy groups -OCH3 is 1. The maximum atomic E-state index is 12.6. The summed E-state index contributed by atoms with van der Waals surface area (Å²) >= 11 is 7.36. The molecule has 1 amide bonds. The highest BCUT2D eigenvalue weighted by Gasteiger charge is 2.17. The zero-order valence-electron chi connectivity index (χ0n) is 22.1. The summed E-state index contributed by atoms with van der Waals surface area (Å²) in [5.41, 5.74) is 6.12. The van der Waals surface area contributed by atoms with Crippen LogP contribution >= 0.6 is 23.4 Å². The van der Waals surface area contributed by atoms with Crippen LogP contribution in [0.5, 0.6) is 11.5 Å². The molecule has 41 heavy (non-hydrogen) atoms. The zero-order valence-corrected chi connectivity index (χ0v) is 23.7. The number of nitrogens with one attached hydrogen (secondary N) is 1. The SMILES string of the molecule is COc1cc(/C=N/NC(=O)CSc2nnc(-c3ccccc3)n2-c2ccc(Cl)cc2)ccc1OCc1ccccc1. The number of nitrogens with zero attached hydrogens (tertiary/aromatic N) is 4. The van der Waals surface area contributed by atoms with Crippen LogP contribution in [-0.4, -0.2) is 39.7 Å². The van der Waals surface area contributed by atoms with E-state index < -0.39 is 0 Å². The molecule has 0 aliphatic heterocycles. The third-order valence-corrected chi connectivity index (χ3v) is 7.09. The van der Waals surface area contributed by atoms with Gasteiger partial charge in [-0.15, -0.1) is 10.2 Å². The number of hydrazone groups is 1. The molecule has 10 heteroatoms. The molecule has 0 saturated carbocycles. The van der Waals surface area contributed by atoms with E-state index in [2.05, 4.69) is 20.7 Å². The van der Waals surface area contributed by atoms with Gasteiger partial charge in [-0.05, 0) is 53.6 Å². The Balaban J connectivity index is 1.22. The van der Waals surface area contributed by atoms with Crippen molar-refractivity contribution in [1.82, 2.24) is 20.2 Å². The summed E-state index contributed by atoms with van der Waals surface area (Å²) in [6.45, 7) is 0.428. The lowest BCUT2D eigenvalue weighted by Crippen LogP contribution is -2.20. The minimum absolute atomic E-state index is 0.0907. The molecular formula is C31H26ClN5O3S. The van der Waals surface area contributed by atoms with E-state index in [1.165, 1.54) is 11.8 Å². The van der Waals surface area contributed by atoms with E-state index in [0.717, 1.165) is 22.4 Å². The van der Waals surface area contributed by atoms with E-state index in [-0.39, 0.29) is 11.7 Å². The molecule has 1 aromatic heterocycles. The molecule has 0 fully saturated rings. The van der Waals surface area contributed by atoms with Gasteiger partial charge in [0.15, 0.2) is 22.5 Å². The summed E-state index contributed by atoms with van der Waals surface area (Å²) in [6.07, 6.45) is 1.55. The summed E-state index contributed by atoms with van der Waals surface area (Å²) in [4.78, 5) is 12.6. The fourth-order valence-corrected chi connectivity index (χ4v) is 4.79. The van der Waals surface area contributed by atoms with Gasteiger partial charge in [-0.3, -0.25) is 9.36 Å². The maximum Gasteiger partial charge on any atom is 0.250 e. The Morgan fingerprint density at radius 1 is 0.951 bits per heavy atom. The van der Waals surface area contributed by atoms with Crippen molar-refractivity contribution in [3.05, 3.63) is 119 Å². The Bertz CT molecular complexity index is 1630. The van der Waals surface area contributed by atoms with E-state index in [1.54, 1.807) is 31.5 Å². The van der Waals surface area contributed by atoms with E-state index in [9.17, 15) is 4.79 Å². The number of benzene rings is 4. The van der Waals surface area contributed by atoms with Crippen molar-refractivity contribution in [2.75, 3.05) is 12.9 Å². The fourth-order valence-electron chi connectivity index (χ4n) is 3.92. The average Bonchev–Trinajstić information content (AvgIpc) is 3.44. The molecule has 0 bridgehead atoms. The van der Waals surface area contributed by atoms with Gasteiger partial charge in [0.25, 0.3) is 5.91 Å². The molecule has 8 nitrogen and oxygen atoms in total. The minimum atomic E-state index is -0.284. The molecule has 0 radical (unpaired) electrons. The Morgan fingerprint density at radius 3 is 2.41 bits per heavy atom. The topological polar surface area (TPSA) is 90.6 Å². The summed E-state index contributed by atoms with van der Waals surface area (Å²) < 4.78 is 13.3. The molecule has 1 N–H and O–H groups in total. The van der Waals surface area contributed by atoms with Crippen LogP contribution in [0.15, 0.2) is 113 Å². The van der Waals surface area contributed by atoms with Gasteiger partial charge in [0.1, 0.15) is 6.61 Å². The molecule has 0 aliphatic rings. The lowest BCUT2D eigenvalue weighted by molar-refractivity contribution is -0.118. The molecule has 206 valence electrons. The molecular weight excluding hydrogens is 558 g/mol. The van der Waals surface area contributed by atoms with Crippen molar-refractivity contribution in [3.8, 4) is 28.6 Å².